The number of aliphatic hydroxyl groups is 1. The third kappa shape index (κ3) is 4.03. The van der Waals surface area contributed by atoms with Crippen LogP contribution in [-0.2, 0) is 32.1 Å². The van der Waals surface area contributed by atoms with Gasteiger partial charge in [-0.1, -0.05) is 0 Å². The molecule has 2 saturated carbocycles. The van der Waals surface area contributed by atoms with E-state index in [9.17, 15) is 34.2 Å². The summed E-state index contributed by atoms with van der Waals surface area (Å²) in [6.07, 6.45) is 0.700. The number of phenols is 1. The number of primary amides is 1. The van der Waals surface area contributed by atoms with Crippen molar-refractivity contribution in [1.29, 1.82) is 0 Å². The minimum absolute atomic E-state index is 0.00674. The number of hydrogen-bond acceptors (Lipinski definition) is 10. The SMILES string of the molecule is CN(C)[C@H]1CCN(Cc2cc(O)c3c(c2F)C[C@H]2C[C@H]4[C@H](N(C)C)C(=O)C(C(N)=O)C(=O)[C@@]4(O)C(=O)C2C3=O)C1. The molecular weight excluding hydrogens is 523 g/mol. The van der Waals surface area contributed by atoms with Crippen LogP contribution in [-0.4, -0.2) is 113 Å². The number of rotatable bonds is 5. The zero-order chi connectivity index (χ0) is 29.4. The number of ketones is 4. The summed E-state index contributed by atoms with van der Waals surface area (Å²) in [4.78, 5) is 71.6. The molecule has 5 rings (SSSR count). The molecule has 40 heavy (non-hydrogen) atoms. The van der Waals surface area contributed by atoms with Crippen LogP contribution in [0.15, 0.2) is 6.07 Å². The fourth-order valence-corrected chi connectivity index (χ4v) is 7.44. The van der Waals surface area contributed by atoms with Crippen molar-refractivity contribution in [2.24, 2.45) is 29.4 Å². The molecule has 2 unspecified atom stereocenters. The number of halogens is 1. The lowest BCUT2D eigenvalue weighted by Gasteiger charge is -2.52. The van der Waals surface area contributed by atoms with E-state index in [2.05, 4.69) is 9.80 Å². The van der Waals surface area contributed by atoms with E-state index in [1.807, 2.05) is 14.1 Å². The molecule has 0 spiro atoms. The van der Waals surface area contributed by atoms with Crippen molar-refractivity contribution in [2.45, 2.75) is 43.5 Å². The van der Waals surface area contributed by atoms with Crippen LogP contribution in [0.5, 0.6) is 5.75 Å². The van der Waals surface area contributed by atoms with E-state index in [4.69, 9.17) is 5.73 Å². The van der Waals surface area contributed by atoms with Crippen molar-refractivity contribution < 1.29 is 38.6 Å². The Kier molecular flexibility index (Phi) is 6.97. The average molecular weight is 559 g/mol. The maximum absolute atomic E-state index is 15.9. The Morgan fingerprint density at radius 1 is 1.15 bits per heavy atom. The van der Waals surface area contributed by atoms with E-state index in [0.29, 0.717) is 6.04 Å². The number of fused-ring (bicyclic) bond motifs is 3. The predicted octanol–water partition coefficient (Wildman–Crippen LogP) is -0.858. The van der Waals surface area contributed by atoms with Crippen LogP contribution in [0.1, 0.15) is 34.3 Å². The Morgan fingerprint density at radius 3 is 2.40 bits per heavy atom. The minimum Gasteiger partial charge on any atom is -0.507 e. The average Bonchev–Trinajstić information content (AvgIpc) is 3.33. The van der Waals surface area contributed by atoms with E-state index >= 15 is 4.39 Å². The lowest BCUT2D eigenvalue weighted by atomic mass is 9.52. The molecule has 11 nitrogen and oxygen atoms in total. The van der Waals surface area contributed by atoms with Gasteiger partial charge in [0, 0.05) is 42.7 Å². The molecular formula is C28H35FN4O7. The fraction of sp³-hybridized carbons (Fsp3) is 0.607. The predicted molar refractivity (Wildman–Crippen MR) is 139 cm³/mol. The van der Waals surface area contributed by atoms with Crippen molar-refractivity contribution in [3.63, 3.8) is 0 Å². The number of carbonyl (C=O) groups excluding carboxylic acids is 5. The van der Waals surface area contributed by atoms with Crippen molar-refractivity contribution in [3.05, 3.63) is 28.6 Å². The van der Waals surface area contributed by atoms with Gasteiger partial charge in [0.05, 0.1) is 17.5 Å². The number of phenolic OH excluding ortho intramolecular Hbond substituents is 1. The molecule has 1 aromatic carbocycles. The van der Waals surface area contributed by atoms with Crippen LogP contribution in [0, 0.1) is 29.5 Å². The molecule has 1 heterocycles. The smallest absolute Gasteiger partial charge is 0.235 e. The zero-order valence-corrected chi connectivity index (χ0v) is 23.0. The maximum Gasteiger partial charge on any atom is 0.235 e. The quantitative estimate of drug-likeness (QED) is 0.388. The van der Waals surface area contributed by atoms with E-state index in [-0.39, 0.29) is 36.1 Å². The van der Waals surface area contributed by atoms with Crippen LogP contribution in [0.4, 0.5) is 4.39 Å². The Bertz CT molecular complexity index is 1330. The lowest BCUT2D eigenvalue weighted by Crippen LogP contribution is -2.74. The van der Waals surface area contributed by atoms with Crippen LogP contribution < -0.4 is 5.73 Å². The van der Waals surface area contributed by atoms with Crippen molar-refractivity contribution in [2.75, 3.05) is 41.3 Å². The van der Waals surface area contributed by atoms with Gasteiger partial charge in [0.2, 0.25) is 5.91 Å². The third-order valence-electron chi connectivity index (χ3n) is 9.44. The minimum atomic E-state index is -2.80. The van der Waals surface area contributed by atoms with Crippen LogP contribution in [0.3, 0.4) is 0 Å². The summed E-state index contributed by atoms with van der Waals surface area (Å²) in [6.45, 7) is 1.71. The molecule has 12 heteroatoms. The highest BCUT2D eigenvalue weighted by atomic mass is 19.1. The van der Waals surface area contributed by atoms with Gasteiger partial charge in [0.15, 0.2) is 34.7 Å². The lowest BCUT2D eigenvalue weighted by molar-refractivity contribution is -0.181. The van der Waals surface area contributed by atoms with E-state index < -0.39 is 75.9 Å². The number of nitrogens with zero attached hydrogens (tertiary/aromatic N) is 3. The Hall–Kier alpha value is -3.06. The summed E-state index contributed by atoms with van der Waals surface area (Å²) in [5.41, 5.74) is 2.41. The highest BCUT2D eigenvalue weighted by Gasteiger charge is 2.69. The molecule has 1 saturated heterocycles. The summed E-state index contributed by atoms with van der Waals surface area (Å²) in [5.74, 6) is -12.2. The number of hydrogen-bond donors (Lipinski definition) is 3. The van der Waals surface area contributed by atoms with Gasteiger partial charge in [-0.05, 0) is 59.4 Å². The second kappa shape index (κ2) is 9.79. The van der Waals surface area contributed by atoms with E-state index in [1.54, 1.807) is 0 Å². The molecule has 0 bridgehead atoms. The first-order valence-electron chi connectivity index (χ1n) is 13.5. The number of carbonyl (C=O) groups is 5. The zero-order valence-electron chi connectivity index (χ0n) is 23.0. The summed E-state index contributed by atoms with van der Waals surface area (Å²) >= 11 is 0. The molecule has 1 aliphatic heterocycles. The van der Waals surface area contributed by atoms with Gasteiger partial charge >= 0.3 is 0 Å². The van der Waals surface area contributed by atoms with Gasteiger partial charge in [-0.15, -0.1) is 0 Å². The van der Waals surface area contributed by atoms with Crippen molar-refractivity contribution in [3.8, 4) is 5.75 Å². The standard InChI is InChI=1S/C28H35FN4O7/c1-31(2)14-5-6-33(11-14)10-13-9-17(34)19-15(21(13)29)7-12-8-16-22(32(3)4)24(36)20(27(30)39)26(38)28(16,40)25(37)18(12)23(19)35/h9,12,14,16,18,20,22,34,40H,5-8,10-11H2,1-4H3,(H2,30,39)/t12-,14-,16-,18?,20?,22-,28-/m0/s1. The highest BCUT2D eigenvalue weighted by Crippen LogP contribution is 2.51. The van der Waals surface area contributed by atoms with Gasteiger partial charge < -0.3 is 20.8 Å². The van der Waals surface area contributed by atoms with Gasteiger partial charge in [-0.3, -0.25) is 33.8 Å². The highest BCUT2D eigenvalue weighted by molar-refractivity contribution is 6.32. The number of amides is 1. The summed E-state index contributed by atoms with van der Waals surface area (Å²) < 4.78 is 15.9. The molecule has 3 aliphatic carbocycles. The second-order valence-electron chi connectivity index (χ2n) is 12.2. The van der Waals surface area contributed by atoms with Crippen molar-refractivity contribution in [1.82, 2.24) is 14.7 Å². The molecule has 216 valence electrons. The number of nitrogens with two attached hydrogens (primary N) is 1. The number of benzene rings is 1. The Labute approximate surface area is 231 Å². The second-order valence-corrected chi connectivity index (χ2v) is 12.2. The number of likely N-dealkylation sites (N-methyl/N-ethyl adjacent to an activating group) is 2. The Balaban J connectivity index is 1.53. The van der Waals surface area contributed by atoms with E-state index in [1.165, 1.54) is 25.1 Å². The van der Waals surface area contributed by atoms with Crippen LogP contribution >= 0.6 is 0 Å². The van der Waals surface area contributed by atoms with Gasteiger partial charge in [0.1, 0.15) is 11.6 Å². The van der Waals surface area contributed by atoms with Gasteiger partial charge in [0.25, 0.3) is 0 Å². The molecule has 3 fully saturated rings. The first-order chi connectivity index (χ1) is 18.7. The molecule has 4 aliphatic rings. The number of likely N-dealkylation sites (tertiary alicyclic amines) is 1. The van der Waals surface area contributed by atoms with Crippen molar-refractivity contribution >= 4 is 29.0 Å². The van der Waals surface area contributed by atoms with Gasteiger partial charge in [-0.2, -0.15) is 0 Å². The normalized spacial score (nSPS) is 34.3. The summed E-state index contributed by atoms with van der Waals surface area (Å²) in [6, 6.07) is 0.324. The first kappa shape index (κ1) is 28.5. The molecule has 0 radical (unpaired) electrons. The first-order valence-corrected chi connectivity index (χ1v) is 13.5. The molecule has 4 N–H and O–H groups in total. The van der Waals surface area contributed by atoms with Gasteiger partial charge in [-0.25, -0.2) is 4.39 Å². The van der Waals surface area contributed by atoms with E-state index in [0.717, 1.165) is 19.5 Å². The fourth-order valence-electron chi connectivity index (χ4n) is 7.44. The summed E-state index contributed by atoms with van der Waals surface area (Å²) in [7, 11) is 6.99. The monoisotopic (exact) mass is 558 g/mol. The molecule has 0 aromatic heterocycles. The van der Waals surface area contributed by atoms with Crippen LogP contribution in [0.25, 0.3) is 0 Å². The Morgan fingerprint density at radius 2 is 1.82 bits per heavy atom. The topological polar surface area (TPSA) is 162 Å². The maximum atomic E-state index is 15.9. The van der Waals surface area contributed by atoms with Crippen LogP contribution in [0.2, 0.25) is 0 Å². The number of aromatic hydroxyl groups is 1. The third-order valence-corrected chi connectivity index (χ3v) is 9.44. The molecule has 7 atom stereocenters. The molecule has 1 aromatic rings. The largest absolute Gasteiger partial charge is 0.507 e. The summed E-state index contributed by atoms with van der Waals surface area (Å²) in [5, 5.41) is 22.5. The number of Topliss-reactive ketones (excluding diaryl/α,β-unsaturated/α-hetero) is 4. The molecule has 1 amide bonds.